The van der Waals surface area contributed by atoms with Crippen LogP contribution in [0.15, 0.2) is 58.2 Å². The Balaban J connectivity index is 1.65. The summed E-state index contributed by atoms with van der Waals surface area (Å²) >= 11 is 4.87. The summed E-state index contributed by atoms with van der Waals surface area (Å²) in [5.74, 6) is 2.00. The number of carbonyl (C=O) groups is 1. The molecular weight excluding hydrogens is 476 g/mol. The van der Waals surface area contributed by atoms with Gasteiger partial charge in [0, 0.05) is 16.7 Å². The van der Waals surface area contributed by atoms with Crippen molar-refractivity contribution in [2.45, 2.75) is 51.4 Å². The van der Waals surface area contributed by atoms with E-state index in [-0.39, 0.29) is 17.8 Å². The maximum Gasteiger partial charge on any atom is 0.234 e. The van der Waals surface area contributed by atoms with Gasteiger partial charge in [-0.1, -0.05) is 59.7 Å². The summed E-state index contributed by atoms with van der Waals surface area (Å²) in [5, 5.41) is 12.3. The van der Waals surface area contributed by atoms with Gasteiger partial charge in [0.05, 0.1) is 5.75 Å². The number of para-hydroxylation sites is 1. The molecule has 3 aromatic rings. The van der Waals surface area contributed by atoms with Gasteiger partial charge in [0.15, 0.2) is 17.1 Å². The molecule has 0 unspecified atom stereocenters. The van der Waals surface area contributed by atoms with Crippen LogP contribution in [-0.4, -0.2) is 26.4 Å². The third-order valence-corrected chi connectivity index (χ3v) is 6.18. The van der Waals surface area contributed by atoms with Crippen LogP contribution < -0.4 is 10.1 Å². The van der Waals surface area contributed by atoms with E-state index in [0.29, 0.717) is 17.6 Å². The summed E-state index contributed by atoms with van der Waals surface area (Å²) in [6, 6.07) is 15.5. The fraction of sp³-hybridized carbons (Fsp3) is 0.348. The Morgan fingerprint density at radius 2 is 1.90 bits per heavy atom. The molecule has 1 atom stereocenters. The predicted molar refractivity (Wildman–Crippen MR) is 129 cm³/mol. The first-order valence-electron chi connectivity index (χ1n) is 10.3. The zero-order valence-corrected chi connectivity index (χ0v) is 20.5. The smallest absolute Gasteiger partial charge is 0.234 e. The second kappa shape index (κ2) is 10.8. The number of hydrogen-bond acceptors (Lipinski definition) is 5. The van der Waals surface area contributed by atoms with Crippen LogP contribution in [0.5, 0.6) is 5.75 Å². The minimum Gasteiger partial charge on any atom is -0.483 e. The number of thioether (sulfide) groups is 1. The summed E-state index contributed by atoms with van der Waals surface area (Å²) in [4.78, 5) is 12.6. The van der Waals surface area contributed by atoms with E-state index in [1.165, 1.54) is 11.8 Å². The normalized spacial score (nSPS) is 12.1. The van der Waals surface area contributed by atoms with Crippen LogP contribution in [-0.2, 0) is 11.3 Å². The van der Waals surface area contributed by atoms with E-state index in [1.807, 2.05) is 66.9 Å². The zero-order valence-electron chi connectivity index (χ0n) is 18.1. The summed E-state index contributed by atoms with van der Waals surface area (Å²) in [6.45, 7) is 8.89. The van der Waals surface area contributed by atoms with Crippen molar-refractivity contribution in [2.75, 3.05) is 11.1 Å². The topological polar surface area (TPSA) is 69.0 Å². The molecule has 31 heavy (non-hydrogen) atoms. The highest BCUT2D eigenvalue weighted by atomic mass is 79.9. The molecule has 0 saturated heterocycles. The Kier molecular flexibility index (Phi) is 8.15. The highest BCUT2D eigenvalue weighted by Gasteiger charge is 2.20. The van der Waals surface area contributed by atoms with Gasteiger partial charge in [-0.3, -0.25) is 4.79 Å². The molecule has 6 nitrogen and oxygen atoms in total. The quantitative estimate of drug-likeness (QED) is 0.360. The van der Waals surface area contributed by atoms with Crippen LogP contribution in [0.25, 0.3) is 0 Å². The number of aromatic nitrogens is 3. The lowest BCUT2D eigenvalue weighted by Gasteiger charge is -2.16. The number of benzene rings is 2. The third-order valence-electron chi connectivity index (χ3n) is 4.72. The van der Waals surface area contributed by atoms with E-state index in [2.05, 4.69) is 45.3 Å². The third kappa shape index (κ3) is 6.11. The molecule has 1 aromatic heterocycles. The van der Waals surface area contributed by atoms with E-state index in [0.717, 1.165) is 27.3 Å². The van der Waals surface area contributed by atoms with Crippen molar-refractivity contribution in [3.63, 3.8) is 0 Å². The molecule has 164 valence electrons. The number of nitrogens with one attached hydrogen (secondary N) is 1. The summed E-state index contributed by atoms with van der Waals surface area (Å²) in [6.07, 6.45) is -0.255. The van der Waals surface area contributed by atoms with Gasteiger partial charge >= 0.3 is 0 Å². The number of rotatable bonds is 9. The molecule has 0 saturated carbocycles. The van der Waals surface area contributed by atoms with Crippen LogP contribution in [0.3, 0.4) is 0 Å². The van der Waals surface area contributed by atoms with Crippen molar-refractivity contribution in [2.24, 2.45) is 0 Å². The molecule has 0 fully saturated rings. The molecule has 0 bridgehead atoms. The standard InChI is InChI=1S/C23H27BrN4O2S/c1-5-28-22(16(4)30-18-9-7-6-8-10-18)26-27-23(28)31-14-21(29)25-20-12-11-17(24)13-19(20)15(2)3/h6-13,15-16H,5,14H2,1-4H3,(H,25,29)/t16-/m0/s1. The Morgan fingerprint density at radius 3 is 2.58 bits per heavy atom. The average molecular weight is 503 g/mol. The number of amides is 1. The van der Waals surface area contributed by atoms with Crippen molar-refractivity contribution >= 4 is 39.3 Å². The lowest BCUT2D eigenvalue weighted by atomic mass is 10.0. The first kappa shape index (κ1) is 23.3. The fourth-order valence-corrected chi connectivity index (χ4v) is 4.39. The van der Waals surface area contributed by atoms with E-state index < -0.39 is 0 Å². The maximum absolute atomic E-state index is 12.6. The van der Waals surface area contributed by atoms with Crippen molar-refractivity contribution < 1.29 is 9.53 Å². The number of halogens is 1. The van der Waals surface area contributed by atoms with Crippen LogP contribution in [0, 0.1) is 0 Å². The molecular formula is C23H27BrN4O2S. The molecule has 0 aliphatic heterocycles. The second-order valence-electron chi connectivity index (χ2n) is 7.38. The van der Waals surface area contributed by atoms with Crippen LogP contribution >= 0.6 is 27.7 Å². The summed E-state index contributed by atoms with van der Waals surface area (Å²) < 4.78 is 8.98. The van der Waals surface area contributed by atoms with Gasteiger partial charge in [0.25, 0.3) is 0 Å². The molecule has 1 heterocycles. The van der Waals surface area contributed by atoms with E-state index in [4.69, 9.17) is 4.74 Å². The minimum absolute atomic E-state index is 0.0741. The van der Waals surface area contributed by atoms with Crippen LogP contribution in [0.1, 0.15) is 51.1 Å². The number of carbonyl (C=O) groups excluding carboxylic acids is 1. The molecule has 8 heteroatoms. The van der Waals surface area contributed by atoms with E-state index in [1.54, 1.807) is 0 Å². The first-order valence-corrected chi connectivity index (χ1v) is 12.0. The van der Waals surface area contributed by atoms with Gasteiger partial charge in [-0.05, 0) is 55.7 Å². The van der Waals surface area contributed by atoms with Gasteiger partial charge in [-0.25, -0.2) is 0 Å². The second-order valence-corrected chi connectivity index (χ2v) is 9.24. The highest BCUT2D eigenvalue weighted by molar-refractivity contribution is 9.10. The zero-order chi connectivity index (χ0) is 22.4. The van der Waals surface area contributed by atoms with Gasteiger partial charge in [0.1, 0.15) is 5.75 Å². The van der Waals surface area contributed by atoms with E-state index in [9.17, 15) is 4.79 Å². The lowest BCUT2D eigenvalue weighted by Crippen LogP contribution is -2.16. The maximum atomic E-state index is 12.6. The van der Waals surface area contributed by atoms with Gasteiger partial charge < -0.3 is 14.6 Å². The Labute approximate surface area is 195 Å². The highest BCUT2D eigenvalue weighted by Crippen LogP contribution is 2.28. The Morgan fingerprint density at radius 1 is 1.16 bits per heavy atom. The van der Waals surface area contributed by atoms with Gasteiger partial charge in [-0.2, -0.15) is 0 Å². The van der Waals surface area contributed by atoms with E-state index >= 15 is 0 Å². The molecule has 0 aliphatic carbocycles. The van der Waals surface area contributed by atoms with Crippen molar-refractivity contribution in [1.29, 1.82) is 0 Å². The Bertz CT molecular complexity index is 1020. The largest absolute Gasteiger partial charge is 0.483 e. The van der Waals surface area contributed by atoms with Crippen molar-refractivity contribution in [1.82, 2.24) is 14.8 Å². The lowest BCUT2D eigenvalue weighted by molar-refractivity contribution is -0.113. The Hall–Kier alpha value is -2.32. The molecule has 1 amide bonds. The van der Waals surface area contributed by atoms with Crippen LogP contribution in [0.2, 0.25) is 0 Å². The molecule has 0 radical (unpaired) electrons. The molecule has 2 aromatic carbocycles. The average Bonchev–Trinajstić information content (AvgIpc) is 3.17. The molecule has 0 spiro atoms. The monoisotopic (exact) mass is 502 g/mol. The number of ether oxygens (including phenoxy) is 1. The van der Waals surface area contributed by atoms with Gasteiger partial charge in [-0.15, -0.1) is 10.2 Å². The molecule has 0 aliphatic rings. The summed E-state index contributed by atoms with van der Waals surface area (Å²) in [7, 11) is 0. The van der Waals surface area contributed by atoms with Crippen LogP contribution in [0.4, 0.5) is 5.69 Å². The number of hydrogen-bond donors (Lipinski definition) is 1. The summed E-state index contributed by atoms with van der Waals surface area (Å²) in [5.41, 5.74) is 1.94. The molecule has 3 rings (SSSR count). The predicted octanol–water partition coefficient (Wildman–Crippen LogP) is 6.05. The first-order chi connectivity index (χ1) is 14.9. The SMILES string of the molecule is CCn1c(SCC(=O)Nc2ccc(Br)cc2C(C)C)nnc1[C@H](C)Oc1ccccc1. The minimum atomic E-state index is -0.255. The fourth-order valence-electron chi connectivity index (χ4n) is 3.20. The molecule has 1 N–H and O–H groups in total. The number of nitrogens with zero attached hydrogens (tertiary/aromatic N) is 3. The van der Waals surface area contributed by atoms with Gasteiger partial charge in [0.2, 0.25) is 5.91 Å². The number of anilines is 1. The van der Waals surface area contributed by atoms with Crippen molar-refractivity contribution in [3.05, 3.63) is 64.4 Å². The van der Waals surface area contributed by atoms with Crippen molar-refractivity contribution in [3.8, 4) is 5.75 Å².